The van der Waals surface area contributed by atoms with Gasteiger partial charge >= 0.3 is 51.4 Å². The Balaban J connectivity index is 0. The fraction of sp³-hybridized carbons (Fsp3) is 1.00. The molecule has 0 unspecified atom stereocenters. The smallest absolute Gasteiger partial charge is 0.285 e. The van der Waals surface area contributed by atoms with Crippen molar-refractivity contribution < 1.29 is 77.3 Å². The Labute approximate surface area is 101 Å². The molecule has 0 aliphatic rings. The van der Waals surface area contributed by atoms with Crippen LogP contribution in [0.1, 0.15) is 0 Å². The van der Waals surface area contributed by atoms with E-state index in [0.29, 0.717) is 0 Å². The van der Waals surface area contributed by atoms with Crippen LogP contribution in [0.25, 0.3) is 0 Å². The minimum Gasteiger partial charge on any atom is -0.285 e. The second-order valence-corrected chi connectivity index (χ2v) is 4.55. The minimum absolute atomic E-state index is 0. The van der Waals surface area contributed by atoms with Crippen molar-refractivity contribution in [3.8, 4) is 0 Å². The largest absolute Gasteiger partial charge is 1.00 e. The molecule has 0 spiro atoms. The van der Waals surface area contributed by atoms with E-state index in [0.717, 1.165) is 0 Å². The first-order valence-electron chi connectivity index (χ1n) is 1.61. The van der Waals surface area contributed by atoms with E-state index in [1.54, 1.807) is 0 Å². The van der Waals surface area contributed by atoms with Crippen LogP contribution < -0.4 is 51.4 Å². The van der Waals surface area contributed by atoms with Gasteiger partial charge in [-0.15, -0.1) is 0 Å². The van der Waals surface area contributed by atoms with Gasteiger partial charge in [-0.2, -0.15) is 16.8 Å². The van der Waals surface area contributed by atoms with Crippen molar-refractivity contribution in [1.29, 1.82) is 0 Å². The molecule has 0 aliphatic carbocycles. The summed E-state index contributed by atoms with van der Waals surface area (Å²) in [5.74, 6) is 0. The SMILES string of the molecule is O=S(=O)(O)CS(=O)(=O)O.[K+]. The van der Waals surface area contributed by atoms with E-state index < -0.39 is 25.3 Å². The molecule has 0 heterocycles. The zero-order chi connectivity index (χ0) is 7.71. The molecule has 2 N–H and O–H groups in total. The summed E-state index contributed by atoms with van der Waals surface area (Å²) in [4.78, 5) is 0. The third-order valence-corrected chi connectivity index (χ3v) is 2.68. The average Bonchev–Trinajstić information content (AvgIpc) is 1.14. The molecule has 0 rings (SSSR count). The van der Waals surface area contributed by atoms with Crippen LogP contribution in [0.15, 0.2) is 0 Å². The Bertz CT molecular complexity index is 241. The molecular weight excluding hydrogens is 211 g/mol. The van der Waals surface area contributed by atoms with Gasteiger partial charge in [0.05, 0.1) is 0 Å². The molecule has 0 aromatic carbocycles. The molecule has 0 aromatic heterocycles. The van der Waals surface area contributed by atoms with Crippen LogP contribution in [0, 0.1) is 0 Å². The fourth-order valence-corrected chi connectivity index (χ4v) is 1.69. The van der Waals surface area contributed by atoms with Gasteiger partial charge < -0.3 is 0 Å². The van der Waals surface area contributed by atoms with Crippen LogP contribution in [0.5, 0.6) is 0 Å². The number of hydrogen-bond donors (Lipinski definition) is 2. The van der Waals surface area contributed by atoms with Gasteiger partial charge in [0, 0.05) is 0 Å². The number of rotatable bonds is 2. The van der Waals surface area contributed by atoms with Gasteiger partial charge in [0.2, 0.25) is 5.08 Å². The van der Waals surface area contributed by atoms with Crippen LogP contribution in [-0.4, -0.2) is 31.0 Å². The molecule has 0 aromatic rings. The first kappa shape index (κ1) is 14.0. The molecule has 0 amide bonds. The molecule has 0 saturated carbocycles. The van der Waals surface area contributed by atoms with E-state index in [1.165, 1.54) is 0 Å². The molecule has 0 atom stereocenters. The van der Waals surface area contributed by atoms with E-state index in [2.05, 4.69) is 0 Å². The molecule has 0 radical (unpaired) electrons. The summed E-state index contributed by atoms with van der Waals surface area (Å²) in [6, 6.07) is 0. The topological polar surface area (TPSA) is 109 Å². The molecular formula is CH4KO6S2+. The normalized spacial score (nSPS) is 12.2. The fourth-order valence-electron chi connectivity index (χ4n) is 0.188. The van der Waals surface area contributed by atoms with Crippen molar-refractivity contribution in [2.24, 2.45) is 0 Å². The van der Waals surface area contributed by atoms with Gasteiger partial charge in [-0.3, -0.25) is 9.11 Å². The van der Waals surface area contributed by atoms with Gasteiger partial charge in [0.25, 0.3) is 20.2 Å². The average molecular weight is 215 g/mol. The summed E-state index contributed by atoms with van der Waals surface area (Å²) in [6.07, 6.45) is 0. The first-order chi connectivity index (χ1) is 3.71. The maximum atomic E-state index is 9.66. The van der Waals surface area contributed by atoms with Crippen molar-refractivity contribution in [1.82, 2.24) is 0 Å². The Morgan fingerprint density at radius 3 is 1.10 bits per heavy atom. The zero-order valence-electron chi connectivity index (χ0n) is 5.05. The third kappa shape index (κ3) is 12.2. The predicted molar refractivity (Wildman–Crippen MR) is 28.0 cm³/mol. The Morgan fingerprint density at radius 2 is 1.10 bits per heavy atom. The van der Waals surface area contributed by atoms with Crippen LogP contribution in [-0.2, 0) is 20.2 Å². The molecule has 0 bridgehead atoms. The summed E-state index contributed by atoms with van der Waals surface area (Å²) in [7, 11) is -9.24. The van der Waals surface area contributed by atoms with Gasteiger partial charge in [0.1, 0.15) is 0 Å². The maximum Gasteiger partial charge on any atom is 1.00 e. The summed E-state index contributed by atoms with van der Waals surface area (Å²) in [6.45, 7) is 0. The van der Waals surface area contributed by atoms with Crippen molar-refractivity contribution in [2.45, 2.75) is 0 Å². The molecule has 0 fully saturated rings. The van der Waals surface area contributed by atoms with E-state index >= 15 is 0 Å². The molecule has 10 heavy (non-hydrogen) atoms. The van der Waals surface area contributed by atoms with E-state index in [-0.39, 0.29) is 51.4 Å². The first-order valence-corrected chi connectivity index (χ1v) is 4.83. The van der Waals surface area contributed by atoms with Gasteiger partial charge in [0.15, 0.2) is 0 Å². The van der Waals surface area contributed by atoms with Gasteiger partial charge in [-0.05, 0) is 0 Å². The molecule has 9 heteroatoms. The minimum atomic E-state index is -4.62. The van der Waals surface area contributed by atoms with Crippen molar-refractivity contribution >= 4 is 20.2 Å². The Morgan fingerprint density at radius 1 is 0.900 bits per heavy atom. The number of hydrogen-bond acceptors (Lipinski definition) is 4. The van der Waals surface area contributed by atoms with Crippen LogP contribution >= 0.6 is 0 Å². The maximum absolute atomic E-state index is 9.66. The zero-order valence-corrected chi connectivity index (χ0v) is 9.81. The van der Waals surface area contributed by atoms with Crippen molar-refractivity contribution in [2.75, 3.05) is 5.08 Å². The molecule has 0 saturated heterocycles. The van der Waals surface area contributed by atoms with E-state index in [9.17, 15) is 16.8 Å². The van der Waals surface area contributed by atoms with Crippen molar-refractivity contribution in [3.63, 3.8) is 0 Å². The molecule has 0 aliphatic heterocycles. The molecule has 6 nitrogen and oxygen atoms in total. The summed E-state index contributed by atoms with van der Waals surface area (Å²) >= 11 is 0. The third-order valence-electron chi connectivity index (χ3n) is 0.298. The predicted octanol–water partition coefficient (Wildman–Crippen LogP) is -4.28. The van der Waals surface area contributed by atoms with Gasteiger partial charge in [-0.25, -0.2) is 0 Å². The standard InChI is InChI=1S/CH4O6S2.K/c2-8(3,4)1-9(5,6)7;/h1H2,(H,2,3,4)(H,5,6,7);/q;+1. The Hall–Kier alpha value is 1.46. The van der Waals surface area contributed by atoms with E-state index in [4.69, 9.17) is 9.11 Å². The van der Waals surface area contributed by atoms with Crippen LogP contribution in [0.4, 0.5) is 0 Å². The van der Waals surface area contributed by atoms with Crippen LogP contribution in [0.2, 0.25) is 0 Å². The monoisotopic (exact) mass is 215 g/mol. The quantitative estimate of drug-likeness (QED) is 0.356. The summed E-state index contributed by atoms with van der Waals surface area (Å²) in [5.41, 5.74) is 0. The van der Waals surface area contributed by atoms with E-state index in [1.807, 2.05) is 0 Å². The second kappa shape index (κ2) is 4.47. The Kier molecular flexibility index (Phi) is 6.27. The summed E-state index contributed by atoms with van der Waals surface area (Å²) < 4.78 is 54.2. The van der Waals surface area contributed by atoms with Crippen LogP contribution in [0.3, 0.4) is 0 Å². The van der Waals surface area contributed by atoms with Gasteiger partial charge in [-0.1, -0.05) is 0 Å². The summed E-state index contributed by atoms with van der Waals surface area (Å²) in [5, 5.41) is -1.65. The molecule has 56 valence electrons. The van der Waals surface area contributed by atoms with Crippen molar-refractivity contribution in [3.05, 3.63) is 0 Å². The second-order valence-electron chi connectivity index (χ2n) is 1.28.